The molecule has 3 unspecified atom stereocenters. The van der Waals surface area contributed by atoms with E-state index < -0.39 is 23.1 Å². The van der Waals surface area contributed by atoms with Crippen LogP contribution in [-0.4, -0.2) is 16.7 Å². The molecule has 4 saturated carbocycles. The molecule has 132 valence electrons. The summed E-state index contributed by atoms with van der Waals surface area (Å²) in [6.45, 7) is 2.40. The quantitative estimate of drug-likeness (QED) is 0.815. The third-order valence-electron chi connectivity index (χ3n) is 6.65. The van der Waals surface area contributed by atoms with Crippen molar-refractivity contribution < 1.29 is 18.3 Å². The lowest BCUT2D eigenvalue weighted by molar-refractivity contribution is -0.172. The Labute approximate surface area is 140 Å². The Morgan fingerprint density at radius 1 is 1.12 bits per heavy atom. The maximum absolute atomic E-state index is 13.4. The minimum absolute atomic E-state index is 0.0654. The molecule has 5 rings (SSSR count). The Balaban J connectivity index is 1.48. The third kappa shape index (κ3) is 2.66. The van der Waals surface area contributed by atoms with Crippen molar-refractivity contribution in [1.29, 1.82) is 0 Å². The summed E-state index contributed by atoms with van der Waals surface area (Å²) in [4.78, 5) is 0. The van der Waals surface area contributed by atoms with Crippen LogP contribution >= 0.6 is 0 Å². The van der Waals surface area contributed by atoms with E-state index in [1.807, 2.05) is 0 Å². The molecule has 2 N–H and O–H groups in total. The van der Waals surface area contributed by atoms with E-state index in [4.69, 9.17) is 0 Å². The summed E-state index contributed by atoms with van der Waals surface area (Å²) in [7, 11) is 0. The molecule has 0 saturated heterocycles. The first-order valence-corrected chi connectivity index (χ1v) is 8.88. The van der Waals surface area contributed by atoms with E-state index in [2.05, 4.69) is 12.2 Å². The van der Waals surface area contributed by atoms with Gasteiger partial charge in [-0.1, -0.05) is 0 Å². The zero-order valence-electron chi connectivity index (χ0n) is 13.9. The highest BCUT2D eigenvalue weighted by molar-refractivity contribution is 5.20. The van der Waals surface area contributed by atoms with Crippen LogP contribution < -0.4 is 5.32 Å². The fourth-order valence-corrected chi connectivity index (χ4v) is 5.99. The summed E-state index contributed by atoms with van der Waals surface area (Å²) in [5, 5.41) is 14.2. The summed E-state index contributed by atoms with van der Waals surface area (Å²) >= 11 is 0. The monoisotopic (exact) mass is 339 g/mol. The second-order valence-corrected chi connectivity index (χ2v) is 8.52. The maximum Gasteiger partial charge on any atom is 0.194 e. The minimum atomic E-state index is -1.42. The normalized spacial score (nSPS) is 38.5. The molecule has 0 aromatic heterocycles. The molecule has 5 heteroatoms. The van der Waals surface area contributed by atoms with Crippen molar-refractivity contribution in [1.82, 2.24) is 5.32 Å². The van der Waals surface area contributed by atoms with Crippen LogP contribution in [0, 0.1) is 34.7 Å². The first-order valence-electron chi connectivity index (χ1n) is 8.88. The predicted octanol–water partition coefficient (Wildman–Crippen LogP) is 3.91. The van der Waals surface area contributed by atoms with Gasteiger partial charge in [-0.05, 0) is 80.4 Å². The zero-order chi connectivity index (χ0) is 17.1. The third-order valence-corrected chi connectivity index (χ3v) is 6.65. The van der Waals surface area contributed by atoms with Crippen LogP contribution in [0.15, 0.2) is 12.1 Å². The topological polar surface area (TPSA) is 32.3 Å². The Bertz CT molecular complexity index is 625. The van der Waals surface area contributed by atoms with Crippen molar-refractivity contribution in [3.8, 4) is 0 Å². The molecule has 2 nitrogen and oxygen atoms in total. The highest BCUT2D eigenvalue weighted by Gasteiger charge is 2.58. The van der Waals surface area contributed by atoms with Crippen LogP contribution in [0.4, 0.5) is 13.2 Å². The summed E-state index contributed by atoms with van der Waals surface area (Å²) < 4.78 is 39.8. The smallest absolute Gasteiger partial charge is 0.194 e. The lowest BCUT2D eigenvalue weighted by Gasteiger charge is -2.62. The first kappa shape index (κ1) is 16.4. The van der Waals surface area contributed by atoms with Crippen molar-refractivity contribution >= 4 is 0 Å². The van der Waals surface area contributed by atoms with Crippen molar-refractivity contribution in [3.63, 3.8) is 0 Å². The predicted molar refractivity (Wildman–Crippen MR) is 84.7 cm³/mol. The number of halogens is 3. The molecule has 4 bridgehead atoms. The average molecular weight is 339 g/mol. The molecule has 0 spiro atoms. The fourth-order valence-electron chi connectivity index (χ4n) is 5.99. The van der Waals surface area contributed by atoms with E-state index >= 15 is 0 Å². The van der Waals surface area contributed by atoms with E-state index in [-0.39, 0.29) is 11.5 Å². The summed E-state index contributed by atoms with van der Waals surface area (Å²) in [5.74, 6) is -2.52. The van der Waals surface area contributed by atoms with Crippen LogP contribution in [0.5, 0.6) is 0 Å². The van der Waals surface area contributed by atoms with Crippen LogP contribution in [0.1, 0.15) is 51.0 Å². The number of nitrogens with one attached hydrogen (secondary N) is 1. The number of benzene rings is 1. The van der Waals surface area contributed by atoms with Crippen molar-refractivity contribution in [2.24, 2.45) is 17.3 Å². The lowest BCUT2D eigenvalue weighted by atomic mass is 9.46. The van der Waals surface area contributed by atoms with Gasteiger partial charge in [0.2, 0.25) is 0 Å². The lowest BCUT2D eigenvalue weighted by Crippen LogP contribution is -2.61. The fraction of sp³-hybridized carbons (Fsp3) is 0.684. The second-order valence-electron chi connectivity index (χ2n) is 8.52. The zero-order valence-corrected chi connectivity index (χ0v) is 13.9. The molecular weight excluding hydrogens is 315 g/mol. The van der Waals surface area contributed by atoms with Gasteiger partial charge < -0.3 is 10.4 Å². The molecule has 0 heterocycles. The first-order chi connectivity index (χ1) is 11.3. The summed E-state index contributed by atoms with van der Waals surface area (Å²) in [6.07, 6.45) is 6.12. The van der Waals surface area contributed by atoms with Gasteiger partial charge in [-0.2, -0.15) is 0 Å². The number of rotatable bonds is 4. The van der Waals surface area contributed by atoms with Gasteiger partial charge in [-0.25, -0.2) is 13.2 Å². The number of aliphatic hydroxyl groups is 1. The molecule has 1 aromatic rings. The minimum Gasteiger partial charge on any atom is -0.390 e. The van der Waals surface area contributed by atoms with Gasteiger partial charge in [0.1, 0.15) is 0 Å². The largest absolute Gasteiger partial charge is 0.390 e. The number of hydrogen-bond acceptors (Lipinski definition) is 2. The van der Waals surface area contributed by atoms with Gasteiger partial charge in [0, 0.05) is 12.6 Å². The van der Waals surface area contributed by atoms with E-state index in [0.717, 1.165) is 44.2 Å². The van der Waals surface area contributed by atoms with E-state index in [9.17, 15) is 18.3 Å². The standard InChI is InChI=1S/C19H24F3NO/c1-11(23-9-12-3-15(20)17(22)16(21)4-12)18-5-13-2-14(6-18)8-19(24,7-13)10-18/h3-4,11,13-14,23-24H,2,5-10H2,1H3. The highest BCUT2D eigenvalue weighted by Crippen LogP contribution is 2.62. The Morgan fingerprint density at radius 2 is 1.71 bits per heavy atom. The van der Waals surface area contributed by atoms with Crippen molar-refractivity contribution in [3.05, 3.63) is 35.1 Å². The van der Waals surface area contributed by atoms with E-state index in [1.165, 1.54) is 6.42 Å². The van der Waals surface area contributed by atoms with Crippen LogP contribution in [0.25, 0.3) is 0 Å². The van der Waals surface area contributed by atoms with Crippen LogP contribution in [0.3, 0.4) is 0 Å². The Kier molecular flexibility index (Phi) is 3.73. The van der Waals surface area contributed by atoms with Gasteiger partial charge in [0.05, 0.1) is 5.60 Å². The SMILES string of the molecule is CC(NCc1cc(F)c(F)c(F)c1)C12CC3CC(CC(O)(C3)C1)C2. The molecule has 1 aromatic carbocycles. The van der Waals surface area contributed by atoms with Gasteiger partial charge in [-0.15, -0.1) is 0 Å². The van der Waals surface area contributed by atoms with Crippen LogP contribution in [-0.2, 0) is 6.54 Å². The molecule has 0 amide bonds. The van der Waals surface area contributed by atoms with Crippen LogP contribution in [0.2, 0.25) is 0 Å². The van der Waals surface area contributed by atoms with Gasteiger partial charge in [0.25, 0.3) is 0 Å². The molecular formula is C19H24F3NO. The molecule has 0 radical (unpaired) electrons. The second kappa shape index (κ2) is 5.46. The van der Waals surface area contributed by atoms with E-state index in [1.54, 1.807) is 0 Å². The molecule has 0 aliphatic heterocycles. The molecule has 4 fully saturated rings. The average Bonchev–Trinajstić information content (AvgIpc) is 2.47. The molecule has 24 heavy (non-hydrogen) atoms. The van der Waals surface area contributed by atoms with E-state index in [0.29, 0.717) is 23.9 Å². The highest BCUT2D eigenvalue weighted by atomic mass is 19.2. The van der Waals surface area contributed by atoms with Crippen molar-refractivity contribution in [2.45, 2.75) is 63.6 Å². The van der Waals surface area contributed by atoms with Crippen molar-refractivity contribution in [2.75, 3.05) is 0 Å². The molecule has 4 aliphatic rings. The Hall–Kier alpha value is -1.07. The van der Waals surface area contributed by atoms with Gasteiger partial charge in [-0.3, -0.25) is 0 Å². The summed E-state index contributed by atoms with van der Waals surface area (Å²) in [6, 6.07) is 2.24. The summed E-state index contributed by atoms with van der Waals surface area (Å²) in [5.41, 5.74) is -0.0500. The van der Waals surface area contributed by atoms with Gasteiger partial charge >= 0.3 is 0 Å². The maximum atomic E-state index is 13.4. The van der Waals surface area contributed by atoms with Gasteiger partial charge in [0.15, 0.2) is 17.5 Å². The Morgan fingerprint density at radius 3 is 2.25 bits per heavy atom. The number of hydrogen-bond donors (Lipinski definition) is 2. The molecule has 3 atom stereocenters. The molecule has 4 aliphatic carbocycles.